The van der Waals surface area contributed by atoms with E-state index in [0.29, 0.717) is 25.7 Å². The van der Waals surface area contributed by atoms with Gasteiger partial charge in [-0.1, -0.05) is 0 Å². The number of alkyl halides is 1. The third-order valence-electron chi connectivity index (χ3n) is 4.13. The van der Waals surface area contributed by atoms with Crippen molar-refractivity contribution in [2.24, 2.45) is 0 Å². The molecule has 0 radical (unpaired) electrons. The van der Waals surface area contributed by atoms with Gasteiger partial charge in [0.05, 0.1) is 5.54 Å². The Morgan fingerprint density at radius 2 is 1.79 bits per heavy atom. The summed E-state index contributed by atoms with van der Waals surface area (Å²) in [6, 6.07) is 0. The first kappa shape index (κ1) is 14.1. The second-order valence-corrected chi connectivity index (χ2v) is 6.51. The summed E-state index contributed by atoms with van der Waals surface area (Å²) >= 11 is 0. The third kappa shape index (κ3) is 1.97. The number of fused-ring (bicyclic) bond motifs is 2. The van der Waals surface area contributed by atoms with Gasteiger partial charge >= 0.3 is 12.1 Å². The van der Waals surface area contributed by atoms with Crippen LogP contribution in [-0.4, -0.2) is 45.4 Å². The van der Waals surface area contributed by atoms with Gasteiger partial charge in [0.1, 0.15) is 17.8 Å². The van der Waals surface area contributed by atoms with Crippen molar-refractivity contribution in [2.75, 3.05) is 6.67 Å². The number of halogens is 1. The zero-order valence-corrected chi connectivity index (χ0v) is 11.5. The van der Waals surface area contributed by atoms with Crippen molar-refractivity contribution in [2.45, 2.75) is 63.1 Å². The highest BCUT2D eigenvalue weighted by atomic mass is 19.1. The van der Waals surface area contributed by atoms with Crippen molar-refractivity contribution >= 4 is 12.1 Å². The van der Waals surface area contributed by atoms with Crippen molar-refractivity contribution in [1.29, 1.82) is 0 Å². The Kier molecular flexibility index (Phi) is 3.03. The molecule has 5 nitrogen and oxygen atoms in total. The summed E-state index contributed by atoms with van der Waals surface area (Å²) in [5.74, 6) is -1.06. The Hall–Kier alpha value is -1.33. The lowest BCUT2D eigenvalue weighted by atomic mass is 9.83. The van der Waals surface area contributed by atoms with E-state index in [1.54, 1.807) is 20.8 Å². The number of rotatable bonds is 2. The summed E-state index contributed by atoms with van der Waals surface area (Å²) in [7, 11) is 0. The second-order valence-electron chi connectivity index (χ2n) is 6.51. The van der Waals surface area contributed by atoms with Crippen LogP contribution in [0.1, 0.15) is 46.5 Å². The van der Waals surface area contributed by atoms with E-state index < -0.39 is 35.4 Å². The van der Waals surface area contributed by atoms with Gasteiger partial charge < -0.3 is 9.84 Å². The lowest BCUT2D eigenvalue weighted by Crippen LogP contribution is -2.56. The highest BCUT2D eigenvalue weighted by Gasteiger charge is 2.67. The van der Waals surface area contributed by atoms with Crippen LogP contribution in [0.4, 0.5) is 9.18 Å². The average molecular weight is 273 g/mol. The number of carboxylic acid groups (broad SMARTS) is 1. The molecule has 108 valence electrons. The minimum atomic E-state index is -1.28. The van der Waals surface area contributed by atoms with E-state index in [0.717, 1.165) is 4.90 Å². The first-order chi connectivity index (χ1) is 8.67. The van der Waals surface area contributed by atoms with Crippen molar-refractivity contribution in [1.82, 2.24) is 4.90 Å². The summed E-state index contributed by atoms with van der Waals surface area (Å²) in [5, 5.41) is 9.45. The molecule has 0 aliphatic carbocycles. The van der Waals surface area contributed by atoms with Gasteiger partial charge in [-0.15, -0.1) is 0 Å². The number of nitrogens with zero attached hydrogens (tertiary/aromatic N) is 1. The minimum Gasteiger partial charge on any atom is -0.479 e. The van der Waals surface area contributed by atoms with E-state index in [4.69, 9.17) is 4.74 Å². The Labute approximate surface area is 111 Å². The van der Waals surface area contributed by atoms with Gasteiger partial charge in [-0.3, -0.25) is 4.90 Å². The molecule has 2 saturated heterocycles. The number of amides is 1. The number of ether oxygens (including phenoxy) is 1. The summed E-state index contributed by atoms with van der Waals surface area (Å²) in [4.78, 5) is 25.0. The highest BCUT2D eigenvalue weighted by Crippen LogP contribution is 2.54. The predicted molar refractivity (Wildman–Crippen MR) is 65.6 cm³/mol. The van der Waals surface area contributed by atoms with Crippen LogP contribution in [0.15, 0.2) is 0 Å². The molecule has 0 aromatic rings. The zero-order valence-electron chi connectivity index (χ0n) is 11.5. The van der Waals surface area contributed by atoms with Crippen LogP contribution in [-0.2, 0) is 9.53 Å². The fourth-order valence-electron chi connectivity index (χ4n) is 3.21. The molecule has 6 heteroatoms. The first-order valence-electron chi connectivity index (χ1n) is 6.50. The monoisotopic (exact) mass is 273 g/mol. The van der Waals surface area contributed by atoms with Crippen LogP contribution in [0.2, 0.25) is 0 Å². The predicted octanol–water partition coefficient (Wildman–Crippen LogP) is 2.34. The Bertz CT molecular complexity index is 407. The summed E-state index contributed by atoms with van der Waals surface area (Å²) < 4.78 is 18.7. The number of aliphatic carboxylic acids is 1. The molecule has 2 aliphatic rings. The minimum absolute atomic E-state index is 0.297. The molecule has 2 heterocycles. The van der Waals surface area contributed by atoms with E-state index in [1.165, 1.54) is 0 Å². The summed E-state index contributed by atoms with van der Waals surface area (Å²) in [6.07, 6.45) is 0.642. The Morgan fingerprint density at radius 3 is 2.16 bits per heavy atom. The molecule has 2 rings (SSSR count). The number of carbonyl (C=O) groups excluding carboxylic acids is 1. The topological polar surface area (TPSA) is 66.8 Å². The summed E-state index contributed by atoms with van der Waals surface area (Å²) in [5.41, 5.74) is -2.99. The molecule has 19 heavy (non-hydrogen) atoms. The van der Waals surface area contributed by atoms with E-state index >= 15 is 0 Å². The van der Waals surface area contributed by atoms with Crippen molar-refractivity contribution in [3.05, 3.63) is 0 Å². The van der Waals surface area contributed by atoms with Crippen molar-refractivity contribution in [3.63, 3.8) is 0 Å². The average Bonchev–Trinajstić information content (AvgIpc) is 2.79. The zero-order chi connectivity index (χ0) is 14.5. The maximum absolute atomic E-state index is 13.4. The molecule has 0 atom stereocenters. The molecule has 2 aliphatic heterocycles. The molecule has 0 saturated carbocycles. The van der Waals surface area contributed by atoms with Gasteiger partial charge in [0.15, 0.2) is 0 Å². The molecule has 0 spiro atoms. The molecular formula is C13H20FNO4. The number of hydrogen-bond donors (Lipinski definition) is 1. The van der Waals surface area contributed by atoms with E-state index in [1.807, 2.05) is 0 Å². The van der Waals surface area contributed by atoms with Gasteiger partial charge in [-0.05, 0) is 46.5 Å². The van der Waals surface area contributed by atoms with E-state index in [9.17, 15) is 19.1 Å². The lowest BCUT2D eigenvalue weighted by Gasteiger charge is -2.36. The summed E-state index contributed by atoms with van der Waals surface area (Å²) in [6.45, 7) is 4.40. The van der Waals surface area contributed by atoms with Gasteiger partial charge in [0, 0.05) is 0 Å². The molecule has 1 amide bonds. The van der Waals surface area contributed by atoms with Gasteiger partial charge in [-0.2, -0.15) is 0 Å². The third-order valence-corrected chi connectivity index (χ3v) is 4.13. The van der Waals surface area contributed by atoms with Crippen LogP contribution < -0.4 is 0 Å². The molecule has 0 unspecified atom stereocenters. The molecular weight excluding hydrogens is 253 g/mol. The van der Waals surface area contributed by atoms with Crippen LogP contribution in [0, 0.1) is 0 Å². The Morgan fingerprint density at radius 1 is 1.26 bits per heavy atom. The maximum Gasteiger partial charge on any atom is 0.411 e. The molecule has 2 fully saturated rings. The fourth-order valence-corrected chi connectivity index (χ4v) is 3.21. The number of carboxylic acids is 1. The smallest absolute Gasteiger partial charge is 0.411 e. The van der Waals surface area contributed by atoms with E-state index in [2.05, 4.69) is 0 Å². The number of hydrogen-bond acceptors (Lipinski definition) is 3. The van der Waals surface area contributed by atoms with Crippen molar-refractivity contribution in [3.8, 4) is 0 Å². The van der Waals surface area contributed by atoms with Crippen molar-refractivity contribution < 1.29 is 23.8 Å². The van der Waals surface area contributed by atoms with Gasteiger partial charge in [-0.25, -0.2) is 14.0 Å². The highest BCUT2D eigenvalue weighted by molar-refractivity contribution is 5.87. The first-order valence-corrected chi connectivity index (χ1v) is 6.50. The SMILES string of the molecule is CC(C)(C)OC(=O)N1C2(CF)CCC1(C(=O)O)CC2. The normalized spacial score (nSPS) is 33.6. The second kappa shape index (κ2) is 4.08. The van der Waals surface area contributed by atoms with E-state index in [-0.39, 0.29) is 0 Å². The number of carbonyl (C=O) groups is 2. The van der Waals surface area contributed by atoms with Crippen LogP contribution in [0.3, 0.4) is 0 Å². The molecule has 2 bridgehead atoms. The van der Waals surface area contributed by atoms with Crippen LogP contribution in [0.25, 0.3) is 0 Å². The molecule has 0 aromatic carbocycles. The largest absolute Gasteiger partial charge is 0.479 e. The Balaban J connectivity index is 2.35. The van der Waals surface area contributed by atoms with Crippen LogP contribution in [0.5, 0.6) is 0 Å². The van der Waals surface area contributed by atoms with Gasteiger partial charge in [0.25, 0.3) is 0 Å². The lowest BCUT2D eigenvalue weighted by molar-refractivity contribution is -0.149. The molecule has 0 aromatic heterocycles. The maximum atomic E-state index is 13.4. The quantitative estimate of drug-likeness (QED) is 0.838. The fraction of sp³-hybridized carbons (Fsp3) is 0.846. The van der Waals surface area contributed by atoms with Gasteiger partial charge in [0.2, 0.25) is 0 Å². The van der Waals surface area contributed by atoms with Crippen LogP contribution >= 0.6 is 0 Å². The standard InChI is InChI=1S/C13H20FNO4/c1-11(2,3)19-10(18)15-12(8-14)4-6-13(15,7-5-12)9(16)17/h4-8H2,1-3H3,(H,16,17). The molecule has 1 N–H and O–H groups in total.